The van der Waals surface area contributed by atoms with Crippen molar-refractivity contribution in [3.8, 4) is 0 Å². The van der Waals surface area contributed by atoms with Gasteiger partial charge in [0.15, 0.2) is 17.0 Å². The molecule has 39 heavy (non-hydrogen) atoms. The molecule has 2 aromatic heterocycles. The van der Waals surface area contributed by atoms with E-state index in [-0.39, 0.29) is 12.1 Å². The first-order valence-electron chi connectivity index (χ1n) is 13.6. The molecule has 10 nitrogen and oxygen atoms in total. The number of imidazole rings is 1. The molecule has 2 fully saturated rings. The molecule has 2 aromatic carbocycles. The van der Waals surface area contributed by atoms with E-state index in [1.54, 1.807) is 0 Å². The molecule has 2 amide bonds. The lowest BCUT2D eigenvalue weighted by Gasteiger charge is -2.34. The number of benzene rings is 2. The fourth-order valence-corrected chi connectivity index (χ4v) is 5.14. The van der Waals surface area contributed by atoms with Gasteiger partial charge in [0, 0.05) is 45.0 Å². The molecular formula is C29H34N8O2. The summed E-state index contributed by atoms with van der Waals surface area (Å²) in [4.78, 5) is 31.4. The topological polar surface area (TPSA) is 100 Å². The summed E-state index contributed by atoms with van der Waals surface area (Å²) in [6.07, 6.45) is 4.15. The average molecular weight is 527 g/mol. The van der Waals surface area contributed by atoms with E-state index < -0.39 is 0 Å². The van der Waals surface area contributed by atoms with E-state index in [1.807, 2.05) is 60.6 Å². The normalized spacial score (nSPS) is 17.5. The predicted octanol–water partition coefficient (Wildman–Crippen LogP) is 4.13. The number of aromatic nitrogens is 4. The third-order valence-corrected chi connectivity index (χ3v) is 7.29. The molecule has 4 aromatic rings. The number of amides is 2. The number of nitrogens with zero attached hydrogens (tertiary/aromatic N) is 6. The van der Waals surface area contributed by atoms with Gasteiger partial charge >= 0.3 is 6.03 Å². The van der Waals surface area contributed by atoms with Crippen molar-refractivity contribution in [1.29, 1.82) is 0 Å². The van der Waals surface area contributed by atoms with Gasteiger partial charge < -0.3 is 29.7 Å². The summed E-state index contributed by atoms with van der Waals surface area (Å²) in [5.41, 5.74) is 4.65. The van der Waals surface area contributed by atoms with Gasteiger partial charge in [-0.15, -0.1) is 0 Å². The monoisotopic (exact) mass is 526 g/mol. The van der Waals surface area contributed by atoms with E-state index in [4.69, 9.17) is 14.7 Å². The number of fused-ring (bicyclic) bond motifs is 1. The van der Waals surface area contributed by atoms with Crippen LogP contribution in [0.2, 0.25) is 0 Å². The van der Waals surface area contributed by atoms with Crippen molar-refractivity contribution >= 4 is 34.6 Å². The van der Waals surface area contributed by atoms with Crippen molar-refractivity contribution in [3.05, 3.63) is 72.1 Å². The lowest BCUT2D eigenvalue weighted by atomic mass is 10.2. The highest BCUT2D eigenvalue weighted by atomic mass is 16.5. The van der Waals surface area contributed by atoms with Gasteiger partial charge in [-0.1, -0.05) is 42.5 Å². The SMILES string of the molecule is Cc1cccc(NC(=O)N2CCN(c3nc(NCC4CCCO4)c4ncn(Cc5ccccc5)c4n3)CC2)c1. The van der Waals surface area contributed by atoms with Crippen LogP contribution in [-0.2, 0) is 11.3 Å². The maximum atomic E-state index is 12.9. The van der Waals surface area contributed by atoms with Gasteiger partial charge in [-0.2, -0.15) is 9.97 Å². The van der Waals surface area contributed by atoms with Crippen LogP contribution in [0.3, 0.4) is 0 Å². The predicted molar refractivity (Wildman–Crippen MR) is 152 cm³/mol. The zero-order chi connectivity index (χ0) is 26.6. The minimum absolute atomic E-state index is 0.0866. The largest absolute Gasteiger partial charge is 0.376 e. The van der Waals surface area contributed by atoms with Crippen LogP contribution in [0.5, 0.6) is 0 Å². The minimum Gasteiger partial charge on any atom is -0.376 e. The zero-order valence-electron chi connectivity index (χ0n) is 22.2. The van der Waals surface area contributed by atoms with Crippen molar-refractivity contribution in [2.24, 2.45) is 0 Å². The number of carbonyl (C=O) groups is 1. The molecule has 0 saturated carbocycles. The number of urea groups is 1. The highest BCUT2D eigenvalue weighted by molar-refractivity contribution is 5.89. The highest BCUT2D eigenvalue weighted by Gasteiger charge is 2.25. The summed E-state index contributed by atoms with van der Waals surface area (Å²) in [6.45, 7) is 6.64. The van der Waals surface area contributed by atoms with E-state index in [0.717, 1.165) is 47.7 Å². The van der Waals surface area contributed by atoms with Crippen LogP contribution in [0.1, 0.15) is 24.0 Å². The second-order valence-corrected chi connectivity index (χ2v) is 10.2. The molecule has 202 valence electrons. The Labute approximate surface area is 228 Å². The summed E-state index contributed by atoms with van der Waals surface area (Å²) in [5, 5.41) is 6.51. The molecule has 1 unspecified atom stereocenters. The number of anilines is 3. The molecule has 10 heteroatoms. The molecule has 0 bridgehead atoms. The maximum Gasteiger partial charge on any atom is 0.321 e. The van der Waals surface area contributed by atoms with Gasteiger partial charge in [0.25, 0.3) is 0 Å². The summed E-state index contributed by atoms with van der Waals surface area (Å²) >= 11 is 0. The van der Waals surface area contributed by atoms with Gasteiger partial charge in [-0.25, -0.2) is 9.78 Å². The van der Waals surface area contributed by atoms with E-state index in [1.165, 1.54) is 5.56 Å². The van der Waals surface area contributed by atoms with Gasteiger partial charge in [-0.05, 0) is 43.0 Å². The first-order valence-corrected chi connectivity index (χ1v) is 13.6. The molecule has 0 spiro atoms. The van der Waals surface area contributed by atoms with Crippen LogP contribution in [-0.4, -0.2) is 75.9 Å². The average Bonchev–Trinajstić information content (AvgIpc) is 3.63. The molecular weight excluding hydrogens is 492 g/mol. The van der Waals surface area contributed by atoms with Gasteiger partial charge in [0.1, 0.15) is 0 Å². The van der Waals surface area contributed by atoms with Crippen LogP contribution in [0, 0.1) is 6.92 Å². The number of hydrogen-bond acceptors (Lipinski definition) is 7. The first kappa shape index (κ1) is 25.1. The number of aryl methyl sites for hydroxylation is 1. The van der Waals surface area contributed by atoms with Crippen LogP contribution in [0.15, 0.2) is 60.9 Å². The lowest BCUT2D eigenvalue weighted by molar-refractivity contribution is 0.120. The van der Waals surface area contributed by atoms with Gasteiger partial charge in [0.05, 0.1) is 19.0 Å². The number of hydrogen-bond donors (Lipinski definition) is 2. The molecule has 2 aliphatic rings. The van der Waals surface area contributed by atoms with E-state index >= 15 is 0 Å². The molecule has 1 atom stereocenters. The fourth-order valence-electron chi connectivity index (χ4n) is 5.14. The number of nitrogens with one attached hydrogen (secondary N) is 2. The molecule has 0 radical (unpaired) electrons. The Morgan fingerprint density at radius 1 is 1.05 bits per heavy atom. The van der Waals surface area contributed by atoms with Crippen molar-refractivity contribution in [2.45, 2.75) is 32.4 Å². The summed E-state index contributed by atoms with van der Waals surface area (Å²) in [6, 6.07) is 18.1. The molecule has 4 heterocycles. The number of rotatable bonds is 7. The maximum absolute atomic E-state index is 12.9. The number of ether oxygens (including phenoxy) is 1. The molecule has 2 aliphatic heterocycles. The Balaban J connectivity index is 1.20. The van der Waals surface area contributed by atoms with Crippen LogP contribution >= 0.6 is 0 Å². The van der Waals surface area contributed by atoms with E-state index in [2.05, 4.69) is 37.2 Å². The third-order valence-electron chi connectivity index (χ3n) is 7.29. The van der Waals surface area contributed by atoms with Crippen LogP contribution < -0.4 is 15.5 Å². The van der Waals surface area contributed by atoms with Crippen molar-refractivity contribution in [1.82, 2.24) is 24.4 Å². The second-order valence-electron chi connectivity index (χ2n) is 10.2. The molecule has 0 aliphatic carbocycles. The highest BCUT2D eigenvalue weighted by Crippen LogP contribution is 2.25. The Morgan fingerprint density at radius 2 is 1.90 bits per heavy atom. The fraction of sp³-hybridized carbons (Fsp3) is 0.379. The first-order chi connectivity index (χ1) is 19.1. The summed E-state index contributed by atoms with van der Waals surface area (Å²) in [7, 11) is 0. The van der Waals surface area contributed by atoms with Crippen molar-refractivity contribution in [2.75, 3.05) is 54.9 Å². The summed E-state index contributed by atoms with van der Waals surface area (Å²) < 4.78 is 7.88. The third kappa shape index (κ3) is 5.80. The van der Waals surface area contributed by atoms with E-state index in [0.29, 0.717) is 45.2 Å². The van der Waals surface area contributed by atoms with E-state index in [9.17, 15) is 4.79 Å². The van der Waals surface area contributed by atoms with Gasteiger partial charge in [0.2, 0.25) is 5.95 Å². The molecule has 2 saturated heterocycles. The molecule has 6 rings (SSSR count). The Bertz CT molecular complexity index is 1430. The number of piperazine rings is 1. The zero-order valence-corrected chi connectivity index (χ0v) is 22.2. The minimum atomic E-state index is -0.0866. The second kappa shape index (κ2) is 11.3. The quantitative estimate of drug-likeness (QED) is 0.374. The smallest absolute Gasteiger partial charge is 0.321 e. The van der Waals surface area contributed by atoms with Gasteiger partial charge in [-0.3, -0.25) is 0 Å². The number of carbonyl (C=O) groups excluding carboxylic acids is 1. The Morgan fingerprint density at radius 3 is 2.67 bits per heavy atom. The van der Waals surface area contributed by atoms with Crippen molar-refractivity contribution < 1.29 is 9.53 Å². The van der Waals surface area contributed by atoms with Crippen LogP contribution in [0.4, 0.5) is 22.2 Å². The van der Waals surface area contributed by atoms with Crippen LogP contribution in [0.25, 0.3) is 11.2 Å². The summed E-state index contributed by atoms with van der Waals surface area (Å²) in [5.74, 6) is 1.36. The standard InChI is InChI=1S/C29H34N8O2/c1-21-7-5-10-23(17-21)32-29(38)36-14-12-35(13-15-36)28-33-26(30-18-24-11-6-16-39-24)25-27(34-28)37(20-31-25)19-22-8-3-2-4-9-22/h2-5,7-10,17,20,24H,6,11-16,18-19H2,1H3,(H,32,38)(H,30,33,34). The Hall–Kier alpha value is -4.18. The molecule has 2 N–H and O–H groups in total. The Kier molecular flexibility index (Phi) is 7.27. The van der Waals surface area contributed by atoms with Crippen molar-refractivity contribution in [3.63, 3.8) is 0 Å². The lowest BCUT2D eigenvalue weighted by Crippen LogP contribution is -2.50.